The number of hydrogen-bond donors (Lipinski definition) is 1. The molecule has 2 saturated heterocycles. The number of piperidine rings is 1. The first-order valence-electron chi connectivity index (χ1n) is 12.3. The van der Waals surface area contributed by atoms with Crippen molar-refractivity contribution in [1.82, 2.24) is 14.5 Å². The highest BCUT2D eigenvalue weighted by atomic mass is 32.2. The summed E-state index contributed by atoms with van der Waals surface area (Å²) >= 11 is 0. The molecule has 2 fully saturated rings. The Bertz CT molecular complexity index is 1090. The van der Waals surface area contributed by atoms with Crippen molar-refractivity contribution < 1.29 is 17.9 Å². The van der Waals surface area contributed by atoms with Gasteiger partial charge in [-0.2, -0.15) is 4.31 Å². The zero-order chi connectivity index (χ0) is 24.7. The number of nitrogens with one attached hydrogen (secondary N) is 1. The maximum absolute atomic E-state index is 13.2. The minimum atomic E-state index is -3.52. The van der Waals surface area contributed by atoms with E-state index < -0.39 is 10.0 Å². The number of sulfonamides is 1. The van der Waals surface area contributed by atoms with Gasteiger partial charge in [0.1, 0.15) is 0 Å². The molecular formula is C27H35N3O4S. The molecule has 0 radical (unpaired) electrons. The molecule has 0 saturated carbocycles. The van der Waals surface area contributed by atoms with E-state index in [2.05, 4.69) is 41.4 Å². The molecule has 2 aliphatic heterocycles. The monoisotopic (exact) mass is 497 g/mol. The molecule has 2 heterocycles. The smallest absolute Gasteiger partial charge is 0.236 e. The number of morpholine rings is 1. The van der Waals surface area contributed by atoms with Gasteiger partial charge in [-0.25, -0.2) is 8.42 Å². The van der Waals surface area contributed by atoms with Crippen molar-refractivity contribution in [3.63, 3.8) is 0 Å². The summed E-state index contributed by atoms with van der Waals surface area (Å²) in [4.78, 5) is 15.5. The van der Waals surface area contributed by atoms with Crippen LogP contribution in [0.2, 0.25) is 0 Å². The van der Waals surface area contributed by atoms with E-state index in [1.165, 1.54) is 15.3 Å². The summed E-state index contributed by atoms with van der Waals surface area (Å²) in [5.74, 6) is -0.196. The summed E-state index contributed by atoms with van der Waals surface area (Å²) in [5.41, 5.74) is 3.11. The van der Waals surface area contributed by atoms with Gasteiger partial charge in [0.15, 0.2) is 0 Å². The number of ether oxygens (including phenoxy) is 1. The van der Waals surface area contributed by atoms with Gasteiger partial charge in [0.05, 0.1) is 19.3 Å². The second-order valence-corrected chi connectivity index (χ2v) is 11.1. The molecule has 2 aromatic rings. The van der Waals surface area contributed by atoms with E-state index in [-0.39, 0.29) is 17.9 Å². The molecule has 188 valence electrons. The second-order valence-electron chi connectivity index (χ2n) is 9.32. The fourth-order valence-electron chi connectivity index (χ4n) is 4.55. The van der Waals surface area contributed by atoms with Gasteiger partial charge < -0.3 is 10.1 Å². The maximum atomic E-state index is 13.2. The Kier molecular flexibility index (Phi) is 8.73. The van der Waals surface area contributed by atoms with Crippen LogP contribution in [0.1, 0.15) is 35.6 Å². The zero-order valence-electron chi connectivity index (χ0n) is 20.3. The van der Waals surface area contributed by atoms with Crippen molar-refractivity contribution in [3.8, 4) is 0 Å². The Morgan fingerprint density at radius 3 is 2.34 bits per heavy atom. The fraction of sp³-hybridized carbons (Fsp3) is 0.444. The van der Waals surface area contributed by atoms with Crippen molar-refractivity contribution in [1.29, 1.82) is 0 Å². The number of benzene rings is 2. The molecule has 7 nitrogen and oxygen atoms in total. The minimum absolute atomic E-state index is 0.000657. The summed E-state index contributed by atoms with van der Waals surface area (Å²) in [7, 11) is -3.52. The summed E-state index contributed by atoms with van der Waals surface area (Å²) in [5, 5.41) is 4.53. The van der Waals surface area contributed by atoms with Crippen molar-refractivity contribution in [2.24, 2.45) is 5.92 Å². The summed E-state index contributed by atoms with van der Waals surface area (Å²) in [6.07, 6.45) is 2.65. The van der Waals surface area contributed by atoms with Crippen LogP contribution in [0.25, 0.3) is 6.08 Å². The lowest BCUT2D eigenvalue weighted by Gasteiger charge is -2.33. The topological polar surface area (TPSA) is 79.0 Å². The maximum Gasteiger partial charge on any atom is 0.236 e. The van der Waals surface area contributed by atoms with Gasteiger partial charge in [0.2, 0.25) is 15.9 Å². The molecule has 35 heavy (non-hydrogen) atoms. The lowest BCUT2D eigenvalue weighted by Crippen LogP contribution is -2.46. The molecule has 8 heteroatoms. The van der Waals surface area contributed by atoms with E-state index >= 15 is 0 Å². The Hall–Kier alpha value is -2.52. The van der Waals surface area contributed by atoms with Crippen molar-refractivity contribution in [3.05, 3.63) is 76.7 Å². The standard InChI is InChI=1S/C27H35N3O4S/c1-22-7-9-24(10-8-22)26(21-29-16-18-34-19-17-29)28-27(31)25-11-14-30(15-12-25)35(32,33)20-13-23-5-3-2-4-6-23/h2-10,13,20,25-26H,11-12,14-19,21H2,1H3,(H,28,31)/b20-13+/t26-/m0/s1. The molecular weight excluding hydrogens is 462 g/mol. The average molecular weight is 498 g/mol. The summed E-state index contributed by atoms with van der Waals surface area (Å²) in [6.45, 7) is 6.60. The molecule has 4 rings (SSSR count). The average Bonchev–Trinajstić information content (AvgIpc) is 2.89. The van der Waals surface area contributed by atoms with Crippen LogP contribution >= 0.6 is 0 Å². The van der Waals surface area contributed by atoms with Gasteiger partial charge in [0, 0.05) is 44.0 Å². The first-order chi connectivity index (χ1) is 16.9. The SMILES string of the molecule is Cc1ccc([C@H](CN2CCOCC2)NC(=O)C2CCN(S(=O)(=O)/C=C/c3ccccc3)CC2)cc1. The quantitative estimate of drug-likeness (QED) is 0.606. The number of nitrogens with zero attached hydrogens (tertiary/aromatic N) is 2. The minimum Gasteiger partial charge on any atom is -0.379 e. The van der Waals surface area contributed by atoms with Gasteiger partial charge in [-0.15, -0.1) is 0 Å². The molecule has 1 amide bonds. The summed E-state index contributed by atoms with van der Waals surface area (Å²) < 4.78 is 32.5. The van der Waals surface area contributed by atoms with Crippen LogP contribution in [-0.4, -0.2) is 69.5 Å². The molecule has 0 aromatic heterocycles. The van der Waals surface area contributed by atoms with Crippen LogP contribution in [0.3, 0.4) is 0 Å². The summed E-state index contributed by atoms with van der Waals surface area (Å²) in [6, 6.07) is 17.6. The fourth-order valence-corrected chi connectivity index (χ4v) is 5.77. The number of hydrogen-bond acceptors (Lipinski definition) is 5. The molecule has 2 aliphatic rings. The van der Waals surface area contributed by atoms with Gasteiger partial charge in [-0.1, -0.05) is 60.2 Å². The Morgan fingerprint density at radius 1 is 1.03 bits per heavy atom. The number of rotatable bonds is 8. The van der Waals surface area contributed by atoms with Crippen LogP contribution in [-0.2, 0) is 19.6 Å². The lowest BCUT2D eigenvalue weighted by molar-refractivity contribution is -0.127. The molecule has 0 bridgehead atoms. The molecule has 0 spiro atoms. The van der Waals surface area contributed by atoms with E-state index in [1.54, 1.807) is 6.08 Å². The third-order valence-corrected chi connectivity index (χ3v) is 8.32. The molecule has 0 unspecified atom stereocenters. The molecule has 0 aliphatic carbocycles. The number of aryl methyl sites for hydroxylation is 1. The van der Waals surface area contributed by atoms with Gasteiger partial charge >= 0.3 is 0 Å². The largest absolute Gasteiger partial charge is 0.379 e. The number of amides is 1. The van der Waals surface area contributed by atoms with E-state index in [9.17, 15) is 13.2 Å². The van der Waals surface area contributed by atoms with Gasteiger partial charge in [-0.3, -0.25) is 9.69 Å². The first-order valence-corrected chi connectivity index (χ1v) is 13.8. The predicted molar refractivity (Wildman–Crippen MR) is 138 cm³/mol. The van der Waals surface area contributed by atoms with Crippen LogP contribution in [0.15, 0.2) is 60.0 Å². The van der Waals surface area contributed by atoms with Crippen LogP contribution in [0.4, 0.5) is 0 Å². The predicted octanol–water partition coefficient (Wildman–Crippen LogP) is 3.20. The van der Waals surface area contributed by atoms with E-state index in [1.807, 2.05) is 30.3 Å². The third-order valence-electron chi connectivity index (χ3n) is 6.76. The van der Waals surface area contributed by atoms with Crippen molar-refractivity contribution >= 4 is 22.0 Å². The number of carbonyl (C=O) groups excluding carboxylic acids is 1. The van der Waals surface area contributed by atoms with Crippen LogP contribution < -0.4 is 5.32 Å². The highest BCUT2D eigenvalue weighted by Gasteiger charge is 2.31. The van der Waals surface area contributed by atoms with E-state index in [4.69, 9.17) is 4.74 Å². The van der Waals surface area contributed by atoms with Crippen molar-refractivity contribution in [2.75, 3.05) is 45.9 Å². The Labute approximate surface area is 208 Å². The van der Waals surface area contributed by atoms with Gasteiger partial charge in [-0.05, 0) is 37.0 Å². The highest BCUT2D eigenvalue weighted by molar-refractivity contribution is 7.92. The Balaban J connectivity index is 1.36. The number of carbonyl (C=O) groups is 1. The molecule has 1 N–H and O–H groups in total. The zero-order valence-corrected chi connectivity index (χ0v) is 21.1. The second kappa shape index (κ2) is 11.9. The Morgan fingerprint density at radius 2 is 1.69 bits per heavy atom. The molecule has 1 atom stereocenters. The normalized spacial score (nSPS) is 19.6. The molecule has 2 aromatic carbocycles. The first kappa shape index (κ1) is 25.6. The van der Waals surface area contributed by atoms with Crippen LogP contribution in [0.5, 0.6) is 0 Å². The van der Waals surface area contributed by atoms with Crippen molar-refractivity contribution in [2.45, 2.75) is 25.8 Å². The third kappa shape index (κ3) is 7.24. The van der Waals surface area contributed by atoms with Crippen LogP contribution in [0, 0.1) is 12.8 Å². The van der Waals surface area contributed by atoms with E-state index in [0.29, 0.717) is 39.1 Å². The van der Waals surface area contributed by atoms with Gasteiger partial charge in [0.25, 0.3) is 0 Å². The highest BCUT2D eigenvalue weighted by Crippen LogP contribution is 2.23. The lowest BCUT2D eigenvalue weighted by atomic mass is 9.96. The van der Waals surface area contributed by atoms with E-state index in [0.717, 1.165) is 30.8 Å².